The second-order valence-corrected chi connectivity index (χ2v) is 6.16. The van der Waals surface area contributed by atoms with Crippen LogP contribution in [0.5, 0.6) is 0 Å². The molecule has 0 amide bonds. The highest BCUT2D eigenvalue weighted by molar-refractivity contribution is 6.29. The summed E-state index contributed by atoms with van der Waals surface area (Å²) in [5.74, 6) is -0.0405. The summed E-state index contributed by atoms with van der Waals surface area (Å²) in [5.41, 5.74) is 1.34. The fourth-order valence-electron chi connectivity index (χ4n) is 2.51. The largest absolute Gasteiger partial charge is 0.459 e. The predicted octanol–water partition coefficient (Wildman–Crippen LogP) is 4.74. The summed E-state index contributed by atoms with van der Waals surface area (Å²) in [4.78, 5) is 16.5. The SMILES string of the molecule is CC(C)c1cc(C(=O)OC2CCCCCC2)cc(Cl)n1. The van der Waals surface area contributed by atoms with Crippen LogP contribution in [0, 0.1) is 0 Å². The minimum absolute atomic E-state index is 0.0550. The van der Waals surface area contributed by atoms with Crippen molar-refractivity contribution in [3.63, 3.8) is 0 Å². The lowest BCUT2D eigenvalue weighted by Crippen LogP contribution is -2.18. The number of aromatic nitrogens is 1. The van der Waals surface area contributed by atoms with Crippen LogP contribution < -0.4 is 0 Å². The van der Waals surface area contributed by atoms with Gasteiger partial charge in [0.2, 0.25) is 0 Å². The highest BCUT2D eigenvalue weighted by Crippen LogP contribution is 2.23. The Morgan fingerprint density at radius 2 is 1.90 bits per heavy atom. The summed E-state index contributed by atoms with van der Waals surface area (Å²) >= 11 is 5.99. The summed E-state index contributed by atoms with van der Waals surface area (Å²) in [6.07, 6.45) is 6.78. The molecule has 0 unspecified atom stereocenters. The van der Waals surface area contributed by atoms with E-state index < -0.39 is 0 Å². The molecule has 0 atom stereocenters. The number of hydrogen-bond donors (Lipinski definition) is 0. The first-order valence-corrected chi connectivity index (χ1v) is 7.82. The number of hydrogen-bond acceptors (Lipinski definition) is 3. The Balaban J connectivity index is 2.08. The molecule has 1 aliphatic carbocycles. The van der Waals surface area contributed by atoms with Crippen LogP contribution in [0.3, 0.4) is 0 Å². The smallest absolute Gasteiger partial charge is 0.338 e. The first kappa shape index (κ1) is 15.3. The fourth-order valence-corrected chi connectivity index (χ4v) is 2.73. The van der Waals surface area contributed by atoms with Crippen LogP contribution in [0.15, 0.2) is 12.1 Å². The van der Waals surface area contributed by atoms with E-state index in [-0.39, 0.29) is 18.0 Å². The maximum atomic E-state index is 12.2. The van der Waals surface area contributed by atoms with Gasteiger partial charge in [0.1, 0.15) is 11.3 Å². The van der Waals surface area contributed by atoms with Crippen molar-refractivity contribution < 1.29 is 9.53 Å². The standard InChI is InChI=1S/C16H22ClNO2/c1-11(2)14-9-12(10-15(17)18-14)16(19)20-13-7-5-3-4-6-8-13/h9-11,13H,3-8H2,1-2H3. The van der Waals surface area contributed by atoms with Crippen LogP contribution in [0.2, 0.25) is 5.15 Å². The number of carbonyl (C=O) groups is 1. The summed E-state index contributed by atoms with van der Waals surface area (Å²) in [7, 11) is 0. The van der Waals surface area contributed by atoms with Crippen LogP contribution in [0.4, 0.5) is 0 Å². The molecule has 2 rings (SSSR count). The van der Waals surface area contributed by atoms with Crippen molar-refractivity contribution in [2.75, 3.05) is 0 Å². The van der Waals surface area contributed by atoms with E-state index in [1.807, 2.05) is 13.8 Å². The Hall–Kier alpha value is -1.09. The van der Waals surface area contributed by atoms with Crippen LogP contribution >= 0.6 is 11.6 Å². The van der Waals surface area contributed by atoms with Crippen molar-refractivity contribution in [1.29, 1.82) is 0 Å². The molecule has 0 N–H and O–H groups in total. The second-order valence-electron chi connectivity index (χ2n) is 5.78. The molecular formula is C16H22ClNO2. The van der Waals surface area contributed by atoms with Crippen LogP contribution in [-0.4, -0.2) is 17.1 Å². The van der Waals surface area contributed by atoms with E-state index in [9.17, 15) is 4.79 Å². The van der Waals surface area contributed by atoms with Gasteiger partial charge in [0.25, 0.3) is 0 Å². The van der Waals surface area contributed by atoms with E-state index >= 15 is 0 Å². The molecule has 20 heavy (non-hydrogen) atoms. The molecular weight excluding hydrogens is 274 g/mol. The maximum absolute atomic E-state index is 12.2. The Morgan fingerprint density at radius 1 is 1.25 bits per heavy atom. The lowest BCUT2D eigenvalue weighted by atomic mass is 10.1. The average Bonchev–Trinajstić information content (AvgIpc) is 2.66. The molecule has 4 heteroatoms. The molecule has 1 heterocycles. The van der Waals surface area contributed by atoms with Gasteiger partial charge in [0.15, 0.2) is 0 Å². The number of pyridine rings is 1. The van der Waals surface area contributed by atoms with Gasteiger partial charge < -0.3 is 4.74 Å². The first-order chi connectivity index (χ1) is 9.56. The van der Waals surface area contributed by atoms with Crippen LogP contribution in [-0.2, 0) is 4.74 Å². The molecule has 0 bridgehead atoms. The molecule has 0 saturated heterocycles. The van der Waals surface area contributed by atoms with Crippen molar-refractivity contribution in [3.8, 4) is 0 Å². The molecule has 0 aromatic carbocycles. The third-order valence-corrected chi connectivity index (χ3v) is 3.91. The van der Waals surface area contributed by atoms with E-state index in [1.165, 1.54) is 12.8 Å². The van der Waals surface area contributed by atoms with Crippen molar-refractivity contribution in [3.05, 3.63) is 28.5 Å². The fraction of sp³-hybridized carbons (Fsp3) is 0.625. The minimum atomic E-state index is -0.275. The van der Waals surface area contributed by atoms with E-state index in [2.05, 4.69) is 4.98 Å². The van der Waals surface area contributed by atoms with E-state index in [4.69, 9.17) is 16.3 Å². The molecule has 1 fully saturated rings. The van der Waals surface area contributed by atoms with Gasteiger partial charge in [-0.1, -0.05) is 38.3 Å². The Morgan fingerprint density at radius 3 is 2.50 bits per heavy atom. The lowest BCUT2D eigenvalue weighted by molar-refractivity contribution is 0.0267. The van der Waals surface area contributed by atoms with E-state index in [1.54, 1.807) is 12.1 Å². The predicted molar refractivity (Wildman–Crippen MR) is 80.2 cm³/mol. The molecule has 3 nitrogen and oxygen atoms in total. The zero-order valence-corrected chi connectivity index (χ0v) is 12.9. The number of ether oxygens (including phenoxy) is 1. The molecule has 1 aromatic rings. The lowest BCUT2D eigenvalue weighted by Gasteiger charge is -2.16. The van der Waals surface area contributed by atoms with Gasteiger partial charge in [-0.25, -0.2) is 9.78 Å². The van der Waals surface area contributed by atoms with Crippen molar-refractivity contribution in [2.45, 2.75) is 64.4 Å². The highest BCUT2D eigenvalue weighted by atomic mass is 35.5. The summed E-state index contributed by atoms with van der Waals surface area (Å²) in [5, 5.41) is 0.351. The van der Waals surface area contributed by atoms with Crippen LogP contribution in [0.25, 0.3) is 0 Å². The molecule has 110 valence electrons. The van der Waals surface area contributed by atoms with Gasteiger partial charge in [-0.05, 0) is 43.7 Å². The molecule has 0 aliphatic heterocycles. The van der Waals surface area contributed by atoms with Gasteiger partial charge >= 0.3 is 5.97 Å². The maximum Gasteiger partial charge on any atom is 0.338 e. The molecule has 0 spiro atoms. The van der Waals surface area contributed by atoms with Crippen molar-refractivity contribution in [2.24, 2.45) is 0 Å². The highest BCUT2D eigenvalue weighted by Gasteiger charge is 2.19. The Labute approximate surface area is 125 Å². The molecule has 1 saturated carbocycles. The Kier molecular flexibility index (Phi) is 5.41. The monoisotopic (exact) mass is 295 g/mol. The molecule has 1 aromatic heterocycles. The van der Waals surface area contributed by atoms with Crippen molar-refractivity contribution in [1.82, 2.24) is 4.98 Å². The van der Waals surface area contributed by atoms with E-state index in [0.29, 0.717) is 10.7 Å². The van der Waals surface area contributed by atoms with Gasteiger partial charge in [0.05, 0.1) is 5.56 Å². The number of halogens is 1. The second kappa shape index (κ2) is 7.07. The number of esters is 1. The van der Waals surface area contributed by atoms with Gasteiger partial charge in [0, 0.05) is 5.69 Å². The van der Waals surface area contributed by atoms with Gasteiger partial charge in [-0.2, -0.15) is 0 Å². The third kappa shape index (κ3) is 4.20. The molecule has 1 aliphatic rings. The van der Waals surface area contributed by atoms with Crippen molar-refractivity contribution >= 4 is 17.6 Å². The zero-order valence-electron chi connectivity index (χ0n) is 12.2. The van der Waals surface area contributed by atoms with Gasteiger partial charge in [-0.3, -0.25) is 0 Å². The van der Waals surface area contributed by atoms with Crippen LogP contribution in [0.1, 0.15) is 74.3 Å². The normalized spacial score (nSPS) is 17.0. The number of carbonyl (C=O) groups excluding carboxylic acids is 1. The first-order valence-electron chi connectivity index (χ1n) is 7.44. The minimum Gasteiger partial charge on any atom is -0.459 e. The Bertz CT molecular complexity index is 466. The quantitative estimate of drug-likeness (QED) is 0.459. The number of nitrogens with zero attached hydrogens (tertiary/aromatic N) is 1. The average molecular weight is 296 g/mol. The third-order valence-electron chi connectivity index (χ3n) is 3.72. The molecule has 0 radical (unpaired) electrons. The summed E-state index contributed by atoms with van der Waals surface area (Å²) in [6.45, 7) is 4.05. The topological polar surface area (TPSA) is 39.2 Å². The summed E-state index contributed by atoms with van der Waals surface area (Å²) in [6, 6.07) is 3.38. The number of rotatable bonds is 3. The van der Waals surface area contributed by atoms with E-state index in [0.717, 1.165) is 31.4 Å². The summed E-state index contributed by atoms with van der Waals surface area (Å²) < 4.78 is 5.62. The van der Waals surface area contributed by atoms with Gasteiger partial charge in [-0.15, -0.1) is 0 Å². The zero-order chi connectivity index (χ0) is 14.5.